The number of pyridine rings is 1. The van der Waals surface area contributed by atoms with E-state index in [4.69, 9.17) is 5.73 Å². The van der Waals surface area contributed by atoms with E-state index in [1.54, 1.807) is 37.4 Å². The SMILES string of the molecule is Cc1c(F)cccc1-c1ccc2nc(N)c(C(=O)C3CC3(F)F)n2c1. The molecule has 1 aromatic carbocycles. The van der Waals surface area contributed by atoms with Gasteiger partial charge in [0.15, 0.2) is 11.6 Å². The highest BCUT2D eigenvalue weighted by Gasteiger charge is 2.61. The van der Waals surface area contributed by atoms with Crippen LogP contribution in [-0.4, -0.2) is 21.1 Å². The molecular weight excluding hydrogens is 331 g/mol. The van der Waals surface area contributed by atoms with Crippen LogP contribution in [0.15, 0.2) is 36.5 Å². The normalized spacial score (nSPS) is 18.5. The fourth-order valence-electron chi connectivity index (χ4n) is 3.05. The molecule has 7 heteroatoms. The first kappa shape index (κ1) is 15.7. The lowest BCUT2D eigenvalue weighted by Gasteiger charge is -2.08. The topological polar surface area (TPSA) is 60.4 Å². The van der Waals surface area contributed by atoms with E-state index in [0.29, 0.717) is 22.3 Å². The third-order valence-electron chi connectivity index (χ3n) is 4.60. The largest absolute Gasteiger partial charge is 0.382 e. The van der Waals surface area contributed by atoms with E-state index in [0.717, 1.165) is 0 Å². The van der Waals surface area contributed by atoms with Crippen LogP contribution in [0.2, 0.25) is 0 Å². The molecule has 0 spiro atoms. The van der Waals surface area contributed by atoms with Crippen molar-refractivity contribution >= 4 is 17.2 Å². The summed E-state index contributed by atoms with van der Waals surface area (Å²) in [5, 5.41) is 0. The number of nitrogens with two attached hydrogens (primary N) is 1. The van der Waals surface area contributed by atoms with Crippen molar-refractivity contribution in [3.8, 4) is 11.1 Å². The number of carbonyl (C=O) groups is 1. The molecule has 25 heavy (non-hydrogen) atoms. The van der Waals surface area contributed by atoms with Crippen LogP contribution < -0.4 is 5.73 Å². The highest BCUT2D eigenvalue weighted by molar-refractivity contribution is 6.03. The summed E-state index contributed by atoms with van der Waals surface area (Å²) in [4.78, 5) is 16.5. The minimum absolute atomic E-state index is 0.0481. The molecule has 0 amide bonds. The second-order valence-electron chi connectivity index (χ2n) is 6.29. The molecule has 0 radical (unpaired) electrons. The minimum Gasteiger partial charge on any atom is -0.382 e. The number of rotatable bonds is 3. The average Bonchev–Trinajstić information content (AvgIpc) is 3.07. The van der Waals surface area contributed by atoms with Crippen molar-refractivity contribution in [1.82, 2.24) is 9.38 Å². The average molecular weight is 345 g/mol. The molecule has 2 N–H and O–H groups in total. The summed E-state index contributed by atoms with van der Waals surface area (Å²) in [5.41, 5.74) is 7.86. The lowest BCUT2D eigenvalue weighted by atomic mass is 10.0. The fraction of sp³-hybridized carbons (Fsp3) is 0.222. The Morgan fingerprint density at radius 2 is 2.04 bits per heavy atom. The lowest BCUT2D eigenvalue weighted by molar-refractivity contribution is 0.0753. The Balaban J connectivity index is 1.87. The van der Waals surface area contributed by atoms with Crippen molar-refractivity contribution in [1.29, 1.82) is 0 Å². The third-order valence-corrected chi connectivity index (χ3v) is 4.60. The zero-order valence-electron chi connectivity index (χ0n) is 13.3. The Bertz CT molecular complexity index is 1030. The fourth-order valence-corrected chi connectivity index (χ4v) is 3.05. The number of carbonyl (C=O) groups excluding carboxylic acids is 1. The van der Waals surface area contributed by atoms with Crippen LogP contribution in [0.5, 0.6) is 0 Å². The number of aromatic nitrogens is 2. The summed E-state index contributed by atoms with van der Waals surface area (Å²) >= 11 is 0. The monoisotopic (exact) mass is 345 g/mol. The number of Topliss-reactive ketones (excluding diaryl/α,β-unsaturated/α-hetero) is 1. The summed E-state index contributed by atoms with van der Waals surface area (Å²) in [6.45, 7) is 1.65. The van der Waals surface area contributed by atoms with Crippen LogP contribution in [0, 0.1) is 18.7 Å². The van der Waals surface area contributed by atoms with Gasteiger partial charge >= 0.3 is 0 Å². The number of anilines is 1. The molecule has 128 valence electrons. The number of nitrogen functional groups attached to an aromatic ring is 1. The van der Waals surface area contributed by atoms with Crippen molar-refractivity contribution in [3.63, 3.8) is 0 Å². The molecule has 1 aliphatic rings. The second kappa shape index (κ2) is 5.08. The Hall–Kier alpha value is -2.83. The first-order valence-electron chi connectivity index (χ1n) is 7.74. The molecule has 1 saturated carbocycles. The summed E-state index contributed by atoms with van der Waals surface area (Å²) < 4.78 is 41.8. The molecule has 2 aromatic heterocycles. The maximum Gasteiger partial charge on any atom is 0.259 e. The summed E-state index contributed by atoms with van der Waals surface area (Å²) in [5.74, 6) is -5.49. The molecule has 4 nitrogen and oxygen atoms in total. The number of hydrogen-bond acceptors (Lipinski definition) is 3. The highest BCUT2D eigenvalue weighted by atomic mass is 19.3. The predicted octanol–water partition coefficient (Wildman–Crippen LogP) is 3.87. The Morgan fingerprint density at radius 1 is 1.32 bits per heavy atom. The zero-order valence-corrected chi connectivity index (χ0v) is 13.3. The lowest BCUT2D eigenvalue weighted by Crippen LogP contribution is -2.12. The Labute approximate surface area is 141 Å². The maximum atomic E-state index is 13.8. The standard InChI is InChI=1S/C18H14F3N3O/c1-9-11(3-2-4-13(9)19)10-5-6-14-23-17(22)15(24(14)8-10)16(25)12-7-18(12,20)21/h2-6,8,12H,7,22H2,1H3. The molecular formula is C18H14F3N3O. The van der Waals surface area contributed by atoms with Crippen molar-refractivity contribution < 1.29 is 18.0 Å². The Morgan fingerprint density at radius 3 is 2.72 bits per heavy atom. The predicted molar refractivity (Wildman–Crippen MR) is 87.1 cm³/mol. The number of hydrogen-bond donors (Lipinski definition) is 1. The van der Waals surface area contributed by atoms with Crippen molar-refractivity contribution in [3.05, 3.63) is 53.6 Å². The van der Waals surface area contributed by atoms with E-state index < -0.39 is 24.0 Å². The number of halogens is 3. The van der Waals surface area contributed by atoms with Gasteiger partial charge in [-0.05, 0) is 41.8 Å². The van der Waals surface area contributed by atoms with Crippen molar-refractivity contribution in [2.24, 2.45) is 5.92 Å². The summed E-state index contributed by atoms with van der Waals surface area (Å²) in [6, 6.07) is 8.04. The number of nitrogens with zero attached hydrogens (tertiary/aromatic N) is 2. The van der Waals surface area contributed by atoms with Gasteiger partial charge in [-0.25, -0.2) is 18.2 Å². The molecule has 0 saturated heterocycles. The highest BCUT2D eigenvalue weighted by Crippen LogP contribution is 2.50. The van der Waals surface area contributed by atoms with Gasteiger partial charge in [0.1, 0.15) is 17.2 Å². The molecule has 0 bridgehead atoms. The van der Waals surface area contributed by atoms with E-state index in [2.05, 4.69) is 4.98 Å². The molecule has 2 heterocycles. The van der Waals surface area contributed by atoms with Gasteiger partial charge in [-0.15, -0.1) is 0 Å². The van der Waals surface area contributed by atoms with E-state index in [1.165, 1.54) is 10.5 Å². The maximum absolute atomic E-state index is 13.8. The van der Waals surface area contributed by atoms with Gasteiger partial charge in [-0.2, -0.15) is 0 Å². The molecule has 4 rings (SSSR count). The number of fused-ring (bicyclic) bond motifs is 1. The van der Waals surface area contributed by atoms with Crippen LogP contribution in [0.1, 0.15) is 22.5 Å². The van der Waals surface area contributed by atoms with Gasteiger partial charge in [-0.3, -0.25) is 9.20 Å². The van der Waals surface area contributed by atoms with Crippen LogP contribution in [0.3, 0.4) is 0 Å². The van der Waals surface area contributed by atoms with Gasteiger partial charge in [-0.1, -0.05) is 12.1 Å². The summed E-state index contributed by atoms with van der Waals surface area (Å²) in [6.07, 6.45) is 1.11. The quantitative estimate of drug-likeness (QED) is 0.733. The first-order valence-corrected chi connectivity index (χ1v) is 7.74. The van der Waals surface area contributed by atoms with Gasteiger partial charge in [0.25, 0.3) is 5.92 Å². The third kappa shape index (κ3) is 2.38. The number of imidazole rings is 1. The molecule has 3 aromatic rings. The van der Waals surface area contributed by atoms with Gasteiger partial charge < -0.3 is 5.73 Å². The van der Waals surface area contributed by atoms with Gasteiger partial charge in [0.05, 0.1) is 5.92 Å². The van der Waals surface area contributed by atoms with E-state index in [9.17, 15) is 18.0 Å². The molecule has 1 unspecified atom stereocenters. The van der Waals surface area contributed by atoms with E-state index in [1.807, 2.05) is 0 Å². The molecule has 1 fully saturated rings. The van der Waals surface area contributed by atoms with Crippen LogP contribution in [-0.2, 0) is 0 Å². The van der Waals surface area contributed by atoms with Gasteiger partial charge in [0.2, 0.25) is 0 Å². The van der Waals surface area contributed by atoms with Crippen LogP contribution >= 0.6 is 0 Å². The smallest absolute Gasteiger partial charge is 0.259 e. The molecule has 1 aliphatic carbocycles. The van der Waals surface area contributed by atoms with Crippen molar-refractivity contribution in [2.75, 3.05) is 5.73 Å². The molecule has 0 aliphatic heterocycles. The summed E-state index contributed by atoms with van der Waals surface area (Å²) in [7, 11) is 0. The van der Waals surface area contributed by atoms with Crippen LogP contribution in [0.4, 0.5) is 19.0 Å². The minimum atomic E-state index is -2.98. The number of ketones is 1. The van der Waals surface area contributed by atoms with E-state index in [-0.39, 0.29) is 17.3 Å². The number of alkyl halides is 2. The van der Waals surface area contributed by atoms with Crippen molar-refractivity contribution in [2.45, 2.75) is 19.3 Å². The zero-order chi connectivity index (χ0) is 17.9. The van der Waals surface area contributed by atoms with Crippen LogP contribution in [0.25, 0.3) is 16.8 Å². The van der Waals surface area contributed by atoms with Gasteiger partial charge in [0, 0.05) is 12.6 Å². The second-order valence-corrected chi connectivity index (χ2v) is 6.29. The first-order chi connectivity index (χ1) is 11.8. The number of benzene rings is 1. The Kier molecular flexibility index (Phi) is 3.19. The van der Waals surface area contributed by atoms with E-state index >= 15 is 0 Å². The molecule has 1 atom stereocenters.